The summed E-state index contributed by atoms with van der Waals surface area (Å²) >= 11 is 1.72. The Bertz CT molecular complexity index is 4120. The maximum Gasteiger partial charge on any atom is 0.164 e. The van der Waals surface area contributed by atoms with E-state index in [9.17, 15) is 2.74 Å². The van der Waals surface area contributed by atoms with Gasteiger partial charge in [-0.3, -0.25) is 0 Å². The van der Waals surface area contributed by atoms with E-state index in [1.807, 2.05) is 48.5 Å². The summed E-state index contributed by atoms with van der Waals surface area (Å²) in [5.41, 5.74) is 6.87. The van der Waals surface area contributed by atoms with Crippen molar-refractivity contribution in [1.82, 2.24) is 15.0 Å². The maximum atomic E-state index is 9.36. The number of nitrogens with zero attached hydrogens (tertiary/aromatic N) is 3. The van der Waals surface area contributed by atoms with Crippen LogP contribution in [0.3, 0.4) is 0 Å². The molecule has 12 aromatic rings. The minimum absolute atomic E-state index is 0.0415. The van der Waals surface area contributed by atoms with Crippen LogP contribution in [0, 0.1) is 0 Å². The number of thiophene rings is 1. The molecule has 9 aromatic carbocycles. The lowest BCUT2D eigenvalue weighted by Gasteiger charge is -2.10. The number of benzene rings is 9. The molecule has 0 radical (unpaired) electrons. The van der Waals surface area contributed by atoms with E-state index in [0.29, 0.717) is 28.6 Å². The van der Waals surface area contributed by atoms with Crippen LogP contribution < -0.4 is 0 Å². The summed E-state index contributed by atoms with van der Waals surface area (Å²) in [4.78, 5) is 15.2. The quantitative estimate of drug-likeness (QED) is 0.168. The Kier molecular flexibility index (Phi) is 6.13. The van der Waals surface area contributed by atoms with Crippen LogP contribution in [0.5, 0.6) is 0 Å². The summed E-state index contributed by atoms with van der Waals surface area (Å²) < 4.78 is 87.5. The first kappa shape index (κ1) is 26.3. The van der Waals surface area contributed by atoms with Crippen LogP contribution in [0.2, 0.25) is 0 Å². The van der Waals surface area contributed by atoms with E-state index in [2.05, 4.69) is 72.8 Å². The summed E-state index contributed by atoms with van der Waals surface area (Å²) in [6.07, 6.45) is 0. The van der Waals surface area contributed by atoms with E-state index >= 15 is 0 Å². The van der Waals surface area contributed by atoms with Gasteiger partial charge in [-0.1, -0.05) is 164 Å². The van der Waals surface area contributed by atoms with Crippen molar-refractivity contribution in [3.63, 3.8) is 0 Å². The molecule has 3 heterocycles. The minimum Gasteiger partial charge on any atom is -0.455 e. The second kappa shape index (κ2) is 14.0. The lowest BCUT2D eigenvalue weighted by atomic mass is 9.99. The van der Waals surface area contributed by atoms with Crippen LogP contribution in [0.4, 0.5) is 0 Å². The highest BCUT2D eigenvalue weighted by molar-refractivity contribution is 7.26. The molecule has 3 aromatic heterocycles. The highest BCUT2D eigenvalue weighted by atomic mass is 32.1. The molecule has 280 valence electrons. The van der Waals surface area contributed by atoms with E-state index in [1.54, 1.807) is 35.6 Å². The number of rotatable bonds is 6. The second-order valence-corrected chi connectivity index (χ2v) is 15.5. The van der Waals surface area contributed by atoms with Crippen LogP contribution in [-0.4, -0.2) is 15.0 Å². The zero-order valence-electron chi connectivity index (χ0n) is 40.5. The molecule has 0 aliphatic rings. The number of aromatic nitrogens is 3. The van der Waals surface area contributed by atoms with Gasteiger partial charge in [0.25, 0.3) is 0 Å². The van der Waals surface area contributed by atoms with Gasteiger partial charge in [0.05, 0.1) is 12.3 Å². The van der Waals surface area contributed by atoms with Gasteiger partial charge < -0.3 is 4.42 Å². The number of hydrogen-bond donors (Lipinski definition) is 0. The zero-order valence-corrected chi connectivity index (χ0v) is 32.3. The Balaban J connectivity index is 0.998. The third-order valence-corrected chi connectivity index (χ3v) is 11.9. The molecular weight excluding hydrogens is 751 g/mol. The lowest BCUT2D eigenvalue weighted by Crippen LogP contribution is -2.00. The van der Waals surface area contributed by atoms with Crippen molar-refractivity contribution in [3.05, 3.63) is 200 Å². The predicted octanol–water partition coefficient (Wildman–Crippen LogP) is 15.3. The molecule has 0 aliphatic heterocycles. The Hall–Kier alpha value is -7.73. The van der Waals surface area contributed by atoms with Crippen LogP contribution >= 0.6 is 11.3 Å². The Morgan fingerprint density at radius 3 is 1.87 bits per heavy atom. The topological polar surface area (TPSA) is 51.8 Å². The SMILES string of the molecule is [2H]c1c([2H])c([2H])c2c(c1[2H])c([2H])c([2H])c1c2oc2c([2H])c(-c3ccc(-c4nc(-c5cccc(-c6ccccc6)c5)nc(-c5ccc6c(c5)sc5cccc(-c7ccccc7)c56)n4)cc3)c([2H])c([2H])c21. The first-order valence-electron chi connectivity index (χ1n) is 23.9. The summed E-state index contributed by atoms with van der Waals surface area (Å²) in [6.45, 7) is 0. The molecule has 0 saturated carbocycles. The molecule has 12 rings (SSSR count). The molecule has 0 fully saturated rings. The van der Waals surface area contributed by atoms with Gasteiger partial charge in [-0.15, -0.1) is 11.3 Å². The van der Waals surface area contributed by atoms with Gasteiger partial charge in [0.15, 0.2) is 17.5 Å². The summed E-state index contributed by atoms with van der Waals surface area (Å²) in [5.74, 6) is 1.34. The largest absolute Gasteiger partial charge is 0.455 e. The summed E-state index contributed by atoms with van der Waals surface area (Å²) in [7, 11) is 0. The summed E-state index contributed by atoms with van der Waals surface area (Å²) in [5, 5.41) is 1.93. The average molecular weight is 793 g/mol. The Morgan fingerprint density at radius 2 is 1.05 bits per heavy atom. The van der Waals surface area contributed by atoms with Crippen molar-refractivity contribution in [2.45, 2.75) is 0 Å². The van der Waals surface area contributed by atoms with Crippen LogP contribution in [0.25, 0.3) is 120 Å². The highest BCUT2D eigenvalue weighted by Gasteiger charge is 2.17. The van der Waals surface area contributed by atoms with Gasteiger partial charge in [-0.05, 0) is 75.1 Å². The third-order valence-electron chi connectivity index (χ3n) is 10.8. The number of fused-ring (bicyclic) bond motifs is 8. The smallest absolute Gasteiger partial charge is 0.164 e. The van der Waals surface area contributed by atoms with Gasteiger partial charge >= 0.3 is 0 Å². The Labute approximate surface area is 362 Å². The highest BCUT2D eigenvalue weighted by Crippen LogP contribution is 2.42. The number of furan rings is 1. The Morgan fingerprint density at radius 1 is 0.417 bits per heavy atom. The third kappa shape index (κ3) is 5.86. The summed E-state index contributed by atoms with van der Waals surface area (Å²) in [6, 6.07) is 44.5. The molecular formula is C55H33N3OS. The van der Waals surface area contributed by atoms with Crippen LogP contribution in [0.1, 0.15) is 12.3 Å². The zero-order chi connectivity index (χ0) is 47.4. The molecule has 0 amide bonds. The molecule has 5 heteroatoms. The molecule has 0 aliphatic carbocycles. The standard InChI is InChI=1S/C55H33N3OS/c1-3-11-34(12-4-1)39-16-9-17-41(31-39)54-56-53(57-55(58-54)42-27-30-47-50(33-42)60-49-20-10-19-43(51(47)49)36-13-5-2-6-14-36)38-23-21-35(22-24-38)40-26-28-45-46-29-25-37-15-7-8-18-44(37)52(46)59-48(45)32-40/h1-33H/i7D,8D,15D,18D,25D,26D,28D,29D,32D. The van der Waals surface area contributed by atoms with E-state index in [4.69, 9.17) is 29.0 Å². The minimum atomic E-state index is -0.550. The van der Waals surface area contributed by atoms with E-state index in [-0.39, 0.29) is 56.4 Å². The van der Waals surface area contributed by atoms with Crippen molar-refractivity contribution >= 4 is 64.2 Å². The van der Waals surface area contributed by atoms with Crippen molar-refractivity contribution in [3.8, 4) is 67.5 Å². The van der Waals surface area contributed by atoms with E-state index < -0.39 is 36.3 Å². The fraction of sp³-hybridized carbons (Fsp3) is 0. The van der Waals surface area contributed by atoms with Crippen molar-refractivity contribution in [1.29, 1.82) is 0 Å². The lowest BCUT2D eigenvalue weighted by molar-refractivity contribution is 0.673. The second-order valence-electron chi connectivity index (χ2n) is 14.4. The van der Waals surface area contributed by atoms with Gasteiger partial charge in [0.1, 0.15) is 11.2 Å². The number of hydrogen-bond acceptors (Lipinski definition) is 5. The van der Waals surface area contributed by atoms with E-state index in [0.717, 1.165) is 37.9 Å². The van der Waals surface area contributed by atoms with E-state index in [1.165, 1.54) is 15.6 Å². The van der Waals surface area contributed by atoms with Gasteiger partial charge in [-0.2, -0.15) is 0 Å². The first-order valence-corrected chi connectivity index (χ1v) is 20.2. The van der Waals surface area contributed by atoms with Gasteiger partial charge in [0.2, 0.25) is 0 Å². The molecule has 0 N–H and O–H groups in total. The molecule has 0 unspecified atom stereocenters. The first-order chi connectivity index (χ1) is 33.5. The van der Waals surface area contributed by atoms with Crippen LogP contribution in [-0.2, 0) is 0 Å². The molecule has 0 spiro atoms. The predicted molar refractivity (Wildman–Crippen MR) is 250 cm³/mol. The fourth-order valence-corrected chi connectivity index (χ4v) is 9.06. The normalized spacial score (nSPS) is 13.8. The molecule has 4 nitrogen and oxygen atoms in total. The van der Waals surface area contributed by atoms with Gasteiger partial charge in [-0.25, -0.2) is 15.0 Å². The molecule has 0 atom stereocenters. The maximum absolute atomic E-state index is 9.36. The molecule has 0 bridgehead atoms. The van der Waals surface area contributed by atoms with Crippen molar-refractivity contribution in [2.75, 3.05) is 0 Å². The van der Waals surface area contributed by atoms with Crippen molar-refractivity contribution < 1.29 is 16.8 Å². The van der Waals surface area contributed by atoms with Gasteiger partial charge in [0, 0.05) is 53.0 Å². The van der Waals surface area contributed by atoms with Crippen LogP contribution in [0.15, 0.2) is 204 Å². The fourth-order valence-electron chi connectivity index (χ4n) is 7.89. The monoisotopic (exact) mass is 792 g/mol. The van der Waals surface area contributed by atoms with Crippen molar-refractivity contribution in [2.24, 2.45) is 0 Å². The molecule has 60 heavy (non-hydrogen) atoms. The average Bonchev–Trinajstić information content (AvgIpc) is 3.98. The molecule has 0 saturated heterocycles.